The van der Waals surface area contributed by atoms with Crippen LogP contribution in [0.3, 0.4) is 0 Å². The number of ether oxygens (including phenoxy) is 6. The van der Waals surface area contributed by atoms with Gasteiger partial charge in [-0.1, -0.05) is 0 Å². The number of carbonyl (C=O) groups excluding carboxylic acids is 6. The molecule has 7 atom stereocenters. The van der Waals surface area contributed by atoms with Gasteiger partial charge in [-0.2, -0.15) is 0 Å². The summed E-state index contributed by atoms with van der Waals surface area (Å²) in [6.45, 7) is 8.43. The first kappa shape index (κ1) is 41.0. The van der Waals surface area contributed by atoms with Crippen LogP contribution in [0, 0.1) is 0 Å². The van der Waals surface area contributed by atoms with E-state index in [2.05, 4.69) is 5.32 Å². The van der Waals surface area contributed by atoms with Crippen molar-refractivity contribution in [3.05, 3.63) is 30.3 Å². The molecule has 16 nitrogen and oxygen atoms in total. The van der Waals surface area contributed by atoms with Crippen LogP contribution < -0.4 is 9.78 Å². The molecule has 1 fully saturated rings. The molecule has 1 amide bonds. The molecule has 1 N–H and O–H groups in total. The van der Waals surface area contributed by atoms with E-state index < -0.39 is 107 Å². The predicted molar refractivity (Wildman–Crippen MR) is 167 cm³/mol. The van der Waals surface area contributed by atoms with E-state index in [0.717, 1.165) is 34.8 Å². The first-order valence-corrected chi connectivity index (χ1v) is 17.8. The number of hydrogen-bond donors (Lipinski definition) is 1. The van der Waals surface area contributed by atoms with E-state index in [1.165, 1.54) is 6.92 Å². The number of carbonyl (C=O) groups is 6. The van der Waals surface area contributed by atoms with Gasteiger partial charge in [0.05, 0.1) is 0 Å². The Morgan fingerprint density at radius 3 is 1.98 bits per heavy atom. The number of rotatable bonds is 17. The van der Waals surface area contributed by atoms with Gasteiger partial charge in [-0.25, -0.2) is 0 Å². The molecule has 1 aliphatic heterocycles. The average molecular weight is 767 g/mol. The van der Waals surface area contributed by atoms with E-state index in [-0.39, 0.29) is 13.2 Å². The molecule has 0 spiro atoms. The maximum absolute atomic E-state index is 14.1. The molecule has 0 saturated carbocycles. The Bertz CT molecular complexity index is 1260. The zero-order valence-electron chi connectivity index (χ0n) is 28.0. The van der Waals surface area contributed by atoms with Gasteiger partial charge in [-0.05, 0) is 0 Å². The summed E-state index contributed by atoms with van der Waals surface area (Å²) in [7, 11) is -1.27. The first-order chi connectivity index (χ1) is 22.7. The number of esters is 5. The van der Waals surface area contributed by atoms with Crippen molar-refractivity contribution in [1.29, 1.82) is 0 Å². The number of methoxy groups -OCH3 is 1. The maximum atomic E-state index is 14.1. The molecule has 3 unspecified atom stereocenters. The van der Waals surface area contributed by atoms with Crippen molar-refractivity contribution in [2.45, 2.75) is 89.5 Å². The fourth-order valence-corrected chi connectivity index (χ4v) is 8.69. The van der Waals surface area contributed by atoms with Gasteiger partial charge in [0.2, 0.25) is 0 Å². The Morgan fingerprint density at radius 1 is 0.896 bits per heavy atom. The molecular formula is C30H42NO15PSe. The second-order valence-corrected chi connectivity index (χ2v) is 13.8. The van der Waals surface area contributed by atoms with E-state index in [0.29, 0.717) is 4.46 Å². The SMILES string of the molecule is CCOP(OCC)O[C@]1(C(=O)OC)OC([C@H](OC(C)=O)[C@@H](COC(C)=O)OC(C)=O)[C@H](NC(C)=O)C(OC(C)=O)C1[Se]c1ccccc1. The molecule has 0 aromatic heterocycles. The van der Waals surface area contributed by atoms with E-state index in [9.17, 15) is 28.8 Å². The Hall–Kier alpha value is -3.17. The Labute approximate surface area is 286 Å². The zero-order valence-corrected chi connectivity index (χ0v) is 30.6. The Morgan fingerprint density at radius 2 is 1.50 bits per heavy atom. The second kappa shape index (κ2) is 19.7. The third-order valence-electron chi connectivity index (χ3n) is 6.28. The molecular weight excluding hydrogens is 724 g/mol. The number of benzene rings is 1. The van der Waals surface area contributed by atoms with Gasteiger partial charge in [0.25, 0.3) is 0 Å². The van der Waals surface area contributed by atoms with Crippen molar-refractivity contribution in [3.8, 4) is 0 Å². The molecule has 0 aliphatic carbocycles. The number of amides is 1. The Kier molecular flexibility index (Phi) is 16.9. The van der Waals surface area contributed by atoms with Crippen LogP contribution in [0.4, 0.5) is 0 Å². The van der Waals surface area contributed by atoms with Crippen molar-refractivity contribution in [2.75, 3.05) is 26.9 Å². The fourth-order valence-electron chi connectivity index (χ4n) is 4.70. The van der Waals surface area contributed by atoms with Crippen LogP contribution in [0.2, 0.25) is 4.82 Å². The van der Waals surface area contributed by atoms with Gasteiger partial charge >= 0.3 is 287 Å². The Balaban J connectivity index is 3.02. The van der Waals surface area contributed by atoms with E-state index in [1.807, 2.05) is 0 Å². The van der Waals surface area contributed by atoms with Crippen molar-refractivity contribution < 1.29 is 70.8 Å². The monoisotopic (exact) mass is 767 g/mol. The number of nitrogens with one attached hydrogen (secondary N) is 1. The standard InChI is InChI=1S/C30H42NO15PSe/c1-9-40-47(41-10-2)46-30(29(37)38-8)28(48-22-14-12-11-13-15-22)27(44-21(7)36)24(31-17(3)32)26(45-30)25(43-20(6)35)23(42-19(5)34)16-39-18(4)33/h11-15,23-28H,9-10,16H2,1-8H3,(H,31,32)/t23-,24+,25-,26?,27?,28?,30-/m1/s1. The van der Waals surface area contributed by atoms with E-state index in [4.69, 9.17) is 42.0 Å². The molecule has 18 heteroatoms. The van der Waals surface area contributed by atoms with Gasteiger partial charge in [0.1, 0.15) is 0 Å². The second-order valence-electron chi connectivity index (χ2n) is 10.1. The quantitative estimate of drug-likeness (QED) is 0.103. The van der Waals surface area contributed by atoms with Gasteiger partial charge in [-0.15, -0.1) is 0 Å². The van der Waals surface area contributed by atoms with Crippen LogP contribution in [0.25, 0.3) is 0 Å². The molecule has 0 radical (unpaired) electrons. The average Bonchev–Trinajstić information content (AvgIpc) is 3.00. The van der Waals surface area contributed by atoms with Crippen molar-refractivity contribution in [2.24, 2.45) is 0 Å². The van der Waals surface area contributed by atoms with Crippen LogP contribution in [-0.2, 0) is 70.8 Å². The van der Waals surface area contributed by atoms with Crippen molar-refractivity contribution in [3.63, 3.8) is 0 Å². The third kappa shape index (κ3) is 11.8. The molecule has 2 rings (SSSR count). The summed E-state index contributed by atoms with van der Waals surface area (Å²) >= 11 is -0.847. The van der Waals surface area contributed by atoms with Crippen LogP contribution in [0.15, 0.2) is 30.3 Å². The molecule has 1 aliphatic rings. The minimum atomic E-state index is -2.51. The van der Waals surface area contributed by atoms with Gasteiger partial charge in [0.15, 0.2) is 0 Å². The van der Waals surface area contributed by atoms with Crippen molar-refractivity contribution >= 4 is 63.8 Å². The summed E-state index contributed by atoms with van der Waals surface area (Å²) in [6, 6.07) is 7.48. The molecule has 1 saturated heterocycles. The summed E-state index contributed by atoms with van der Waals surface area (Å²) in [5, 5.41) is 2.69. The molecule has 1 heterocycles. The molecule has 268 valence electrons. The summed E-state index contributed by atoms with van der Waals surface area (Å²) in [5.41, 5.74) is 0. The topological polar surface area (TPSA) is 198 Å². The predicted octanol–water partition coefficient (Wildman–Crippen LogP) is 1.25. The first-order valence-electron chi connectivity index (χ1n) is 14.8. The summed E-state index contributed by atoms with van der Waals surface area (Å²) in [6.07, 6.45) is -6.39. The van der Waals surface area contributed by atoms with Gasteiger partial charge in [-0.3, -0.25) is 0 Å². The van der Waals surface area contributed by atoms with Crippen molar-refractivity contribution in [1.82, 2.24) is 5.32 Å². The van der Waals surface area contributed by atoms with Gasteiger partial charge in [0, 0.05) is 0 Å². The minimum absolute atomic E-state index is 0.0930. The third-order valence-corrected chi connectivity index (χ3v) is 10.5. The summed E-state index contributed by atoms with van der Waals surface area (Å²) in [4.78, 5) is 75.0. The number of hydrogen-bond acceptors (Lipinski definition) is 15. The van der Waals surface area contributed by atoms with Crippen LogP contribution in [0.1, 0.15) is 48.5 Å². The van der Waals surface area contributed by atoms with E-state index >= 15 is 0 Å². The normalized spacial score (nSPS) is 23.3. The molecule has 1 aromatic rings. The van der Waals surface area contributed by atoms with Gasteiger partial charge < -0.3 is 0 Å². The van der Waals surface area contributed by atoms with Crippen LogP contribution in [-0.4, -0.2) is 114 Å². The van der Waals surface area contributed by atoms with Crippen LogP contribution in [0.5, 0.6) is 0 Å². The molecule has 0 bridgehead atoms. The summed E-state index contributed by atoms with van der Waals surface area (Å²) in [5.74, 6) is -7.57. The molecule has 48 heavy (non-hydrogen) atoms. The fraction of sp³-hybridized carbons (Fsp3) is 0.600. The molecule has 1 aromatic carbocycles. The van der Waals surface area contributed by atoms with E-state index in [1.54, 1.807) is 44.2 Å². The van der Waals surface area contributed by atoms with Crippen LogP contribution >= 0.6 is 8.60 Å². The zero-order chi connectivity index (χ0) is 36.0. The summed E-state index contributed by atoms with van der Waals surface area (Å²) < 4.78 is 52.2.